The van der Waals surface area contributed by atoms with Crippen molar-refractivity contribution in [3.05, 3.63) is 59.1 Å². The molecule has 86 valence electrons. The Hall–Kier alpha value is -1.94. The van der Waals surface area contributed by atoms with Crippen molar-refractivity contribution in [2.24, 2.45) is 0 Å². The average Bonchev–Trinajstić information content (AvgIpc) is 2.30. The minimum Gasteiger partial charge on any atom is -0.320 e. The van der Waals surface area contributed by atoms with Gasteiger partial charge in [-0.1, -0.05) is 11.6 Å². The van der Waals surface area contributed by atoms with Crippen molar-refractivity contribution in [2.45, 2.75) is 0 Å². The molecule has 0 spiro atoms. The van der Waals surface area contributed by atoms with Gasteiger partial charge in [0, 0.05) is 11.2 Å². The van der Waals surface area contributed by atoms with Crippen LogP contribution in [0, 0.1) is 5.82 Å². The molecule has 0 fully saturated rings. The van der Waals surface area contributed by atoms with Crippen LogP contribution in [0.4, 0.5) is 10.1 Å². The zero-order chi connectivity index (χ0) is 12.3. The van der Waals surface area contributed by atoms with E-state index in [1.807, 2.05) is 0 Å². The third-order valence-corrected chi connectivity index (χ3v) is 2.33. The second kappa shape index (κ2) is 4.93. The third-order valence-electron chi connectivity index (χ3n) is 2.10. The van der Waals surface area contributed by atoms with E-state index in [2.05, 4.69) is 10.3 Å². The predicted molar refractivity (Wildman–Crippen MR) is 63.6 cm³/mol. The lowest BCUT2D eigenvalue weighted by atomic mass is 10.2. The molecule has 0 unspecified atom stereocenters. The molecule has 17 heavy (non-hydrogen) atoms. The number of carbonyl (C=O) groups excluding carboxylic acids is 1. The SMILES string of the molecule is O=C(Nc1cccnc1)c1ccc(Cl)cc1F. The van der Waals surface area contributed by atoms with Gasteiger partial charge in [0.05, 0.1) is 17.4 Å². The summed E-state index contributed by atoms with van der Waals surface area (Å²) < 4.78 is 13.4. The number of halogens is 2. The summed E-state index contributed by atoms with van der Waals surface area (Å²) in [6.07, 6.45) is 3.06. The Morgan fingerprint density at radius 1 is 1.35 bits per heavy atom. The molecule has 2 rings (SSSR count). The van der Waals surface area contributed by atoms with E-state index in [-0.39, 0.29) is 10.6 Å². The Morgan fingerprint density at radius 3 is 2.82 bits per heavy atom. The maximum Gasteiger partial charge on any atom is 0.258 e. The van der Waals surface area contributed by atoms with Crippen LogP contribution in [0.25, 0.3) is 0 Å². The molecule has 0 atom stereocenters. The summed E-state index contributed by atoms with van der Waals surface area (Å²) in [6.45, 7) is 0. The lowest BCUT2D eigenvalue weighted by Gasteiger charge is -2.05. The Kier molecular flexibility index (Phi) is 3.35. The van der Waals surface area contributed by atoms with Gasteiger partial charge in [0.15, 0.2) is 0 Å². The summed E-state index contributed by atoms with van der Waals surface area (Å²) in [5.41, 5.74) is 0.449. The van der Waals surface area contributed by atoms with Gasteiger partial charge in [-0.3, -0.25) is 9.78 Å². The van der Waals surface area contributed by atoms with Crippen molar-refractivity contribution < 1.29 is 9.18 Å². The van der Waals surface area contributed by atoms with Crippen molar-refractivity contribution in [3.63, 3.8) is 0 Å². The zero-order valence-electron chi connectivity index (χ0n) is 8.65. The smallest absolute Gasteiger partial charge is 0.258 e. The van der Waals surface area contributed by atoms with Gasteiger partial charge in [0.25, 0.3) is 5.91 Å². The second-order valence-electron chi connectivity index (χ2n) is 3.32. The number of carbonyl (C=O) groups is 1. The second-order valence-corrected chi connectivity index (χ2v) is 3.76. The summed E-state index contributed by atoms with van der Waals surface area (Å²) in [5, 5.41) is 2.78. The van der Waals surface area contributed by atoms with Crippen LogP contribution >= 0.6 is 11.6 Å². The molecular weight excluding hydrogens is 243 g/mol. The molecule has 5 heteroatoms. The summed E-state index contributed by atoms with van der Waals surface area (Å²) in [4.78, 5) is 15.6. The van der Waals surface area contributed by atoms with Gasteiger partial charge in [-0.05, 0) is 30.3 Å². The van der Waals surface area contributed by atoms with Crippen molar-refractivity contribution >= 4 is 23.2 Å². The molecule has 0 saturated carbocycles. The molecule has 1 N–H and O–H groups in total. The lowest BCUT2D eigenvalue weighted by Crippen LogP contribution is -2.13. The number of nitrogens with zero attached hydrogens (tertiary/aromatic N) is 1. The zero-order valence-corrected chi connectivity index (χ0v) is 9.41. The molecule has 0 radical (unpaired) electrons. The van der Waals surface area contributed by atoms with Crippen LogP contribution in [0.15, 0.2) is 42.7 Å². The normalized spacial score (nSPS) is 10.0. The van der Waals surface area contributed by atoms with E-state index in [1.165, 1.54) is 18.3 Å². The predicted octanol–water partition coefficient (Wildman–Crippen LogP) is 3.13. The topological polar surface area (TPSA) is 42.0 Å². The quantitative estimate of drug-likeness (QED) is 0.890. The Balaban J connectivity index is 2.21. The van der Waals surface area contributed by atoms with Crippen LogP contribution in [0.2, 0.25) is 5.02 Å². The molecule has 0 aliphatic rings. The van der Waals surface area contributed by atoms with Crippen molar-refractivity contribution in [3.8, 4) is 0 Å². The molecular formula is C12H8ClFN2O. The molecule has 2 aromatic rings. The average molecular weight is 251 g/mol. The van der Waals surface area contributed by atoms with Gasteiger partial charge < -0.3 is 5.32 Å². The Bertz CT molecular complexity index is 545. The van der Waals surface area contributed by atoms with Gasteiger partial charge in [0.1, 0.15) is 5.82 Å². The van der Waals surface area contributed by atoms with E-state index in [9.17, 15) is 9.18 Å². The summed E-state index contributed by atoms with van der Waals surface area (Å²) in [5.74, 6) is -1.19. The van der Waals surface area contributed by atoms with Crippen LogP contribution in [-0.4, -0.2) is 10.9 Å². The van der Waals surface area contributed by atoms with Gasteiger partial charge >= 0.3 is 0 Å². The number of amides is 1. The fourth-order valence-corrected chi connectivity index (χ4v) is 1.47. The summed E-state index contributed by atoms with van der Waals surface area (Å²) in [6, 6.07) is 7.23. The molecule has 3 nitrogen and oxygen atoms in total. The van der Waals surface area contributed by atoms with E-state index in [0.29, 0.717) is 5.69 Å². The Labute approximate surface area is 102 Å². The van der Waals surface area contributed by atoms with Gasteiger partial charge in [0.2, 0.25) is 0 Å². The molecule has 1 aromatic heterocycles. The fraction of sp³-hybridized carbons (Fsp3) is 0. The Morgan fingerprint density at radius 2 is 2.18 bits per heavy atom. The number of aromatic nitrogens is 1. The molecule has 0 bridgehead atoms. The highest BCUT2D eigenvalue weighted by atomic mass is 35.5. The molecule has 1 amide bonds. The van der Waals surface area contributed by atoms with E-state index in [0.717, 1.165) is 6.07 Å². The number of hydrogen-bond acceptors (Lipinski definition) is 2. The minimum absolute atomic E-state index is 0.0572. The van der Waals surface area contributed by atoms with Crippen molar-refractivity contribution in [1.82, 2.24) is 4.98 Å². The maximum atomic E-state index is 13.4. The molecule has 0 saturated heterocycles. The van der Waals surface area contributed by atoms with Gasteiger partial charge in [-0.25, -0.2) is 4.39 Å². The maximum absolute atomic E-state index is 13.4. The highest BCUT2D eigenvalue weighted by Gasteiger charge is 2.11. The first kappa shape index (κ1) is 11.5. The highest BCUT2D eigenvalue weighted by Crippen LogP contribution is 2.16. The van der Waals surface area contributed by atoms with Crippen LogP contribution in [0.5, 0.6) is 0 Å². The van der Waals surface area contributed by atoms with E-state index in [4.69, 9.17) is 11.6 Å². The fourth-order valence-electron chi connectivity index (χ4n) is 1.31. The molecule has 1 aromatic carbocycles. The minimum atomic E-state index is -0.654. The first-order chi connectivity index (χ1) is 8.16. The number of pyridine rings is 1. The monoisotopic (exact) mass is 250 g/mol. The van der Waals surface area contributed by atoms with E-state index < -0.39 is 11.7 Å². The first-order valence-corrected chi connectivity index (χ1v) is 5.21. The van der Waals surface area contributed by atoms with Crippen LogP contribution in [-0.2, 0) is 0 Å². The van der Waals surface area contributed by atoms with Crippen molar-refractivity contribution in [2.75, 3.05) is 5.32 Å². The number of anilines is 1. The summed E-state index contributed by atoms with van der Waals surface area (Å²) >= 11 is 5.60. The van der Waals surface area contributed by atoms with Crippen molar-refractivity contribution in [1.29, 1.82) is 0 Å². The molecule has 1 heterocycles. The molecule has 0 aliphatic carbocycles. The van der Waals surface area contributed by atoms with Gasteiger partial charge in [-0.2, -0.15) is 0 Å². The number of rotatable bonds is 2. The van der Waals surface area contributed by atoms with E-state index >= 15 is 0 Å². The van der Waals surface area contributed by atoms with Gasteiger partial charge in [-0.15, -0.1) is 0 Å². The van der Waals surface area contributed by atoms with Crippen LogP contribution in [0.1, 0.15) is 10.4 Å². The first-order valence-electron chi connectivity index (χ1n) is 4.83. The largest absolute Gasteiger partial charge is 0.320 e. The molecule has 0 aliphatic heterocycles. The standard InChI is InChI=1S/C12H8ClFN2O/c13-8-3-4-10(11(14)6-8)12(17)16-9-2-1-5-15-7-9/h1-7H,(H,16,17). The number of benzene rings is 1. The number of hydrogen-bond donors (Lipinski definition) is 1. The van der Waals surface area contributed by atoms with E-state index in [1.54, 1.807) is 18.3 Å². The van der Waals surface area contributed by atoms with Crippen LogP contribution < -0.4 is 5.32 Å². The van der Waals surface area contributed by atoms with Crippen LogP contribution in [0.3, 0.4) is 0 Å². The summed E-state index contributed by atoms with van der Waals surface area (Å²) in [7, 11) is 0. The third kappa shape index (κ3) is 2.79. The lowest BCUT2D eigenvalue weighted by molar-refractivity contribution is 0.102. The number of nitrogens with one attached hydrogen (secondary N) is 1. The highest BCUT2D eigenvalue weighted by molar-refractivity contribution is 6.30.